The third kappa shape index (κ3) is 3.70. The fraction of sp³-hybridized carbons (Fsp3) is 0.385. The molecule has 4 nitrogen and oxygen atoms in total. The molecule has 2 aliphatic rings. The lowest BCUT2D eigenvalue weighted by Gasteiger charge is -2.41. The maximum atomic E-state index is 5.72. The van der Waals surface area contributed by atoms with Crippen molar-refractivity contribution in [2.45, 2.75) is 31.8 Å². The van der Waals surface area contributed by atoms with Gasteiger partial charge in [0.15, 0.2) is 0 Å². The zero-order chi connectivity index (χ0) is 21.5. The minimum atomic E-state index is 0.429. The third-order valence-corrected chi connectivity index (χ3v) is 7.90. The number of rotatable bonds is 5. The van der Waals surface area contributed by atoms with Crippen molar-refractivity contribution >= 4 is 17.0 Å². The Balaban J connectivity index is 1.43. The maximum absolute atomic E-state index is 5.72. The second kappa shape index (κ2) is 8.21. The van der Waals surface area contributed by atoms with Gasteiger partial charge in [-0.1, -0.05) is 12.1 Å². The Morgan fingerprint density at radius 1 is 1.00 bits per heavy atom. The summed E-state index contributed by atoms with van der Waals surface area (Å²) in [4.78, 5) is 7.79. The van der Waals surface area contributed by atoms with Crippen molar-refractivity contribution in [2.24, 2.45) is 0 Å². The van der Waals surface area contributed by atoms with Crippen LogP contribution < -0.4 is 14.4 Å². The van der Waals surface area contributed by atoms with Crippen LogP contribution in [0.3, 0.4) is 0 Å². The number of hydrogen-bond donors (Lipinski definition) is 0. The summed E-state index contributed by atoms with van der Waals surface area (Å²) in [6, 6.07) is 15.9. The molecule has 0 bridgehead atoms. The van der Waals surface area contributed by atoms with Crippen LogP contribution in [0.4, 0.5) is 5.69 Å². The predicted molar refractivity (Wildman–Crippen MR) is 128 cm³/mol. The van der Waals surface area contributed by atoms with Crippen LogP contribution in [0.25, 0.3) is 0 Å². The number of nitrogens with zero attached hydrogens (tertiary/aromatic N) is 2. The molecule has 0 saturated heterocycles. The molecule has 1 unspecified atom stereocenters. The zero-order valence-corrected chi connectivity index (χ0v) is 19.6. The molecular weight excluding hydrogens is 404 g/mol. The summed E-state index contributed by atoms with van der Waals surface area (Å²) < 4.78 is 11.4. The highest BCUT2D eigenvalue weighted by Gasteiger charge is 2.35. The Labute approximate surface area is 189 Å². The first-order valence-electron chi connectivity index (χ1n) is 10.9. The molecule has 1 atom stereocenters. The van der Waals surface area contributed by atoms with Gasteiger partial charge < -0.3 is 14.4 Å². The van der Waals surface area contributed by atoms with Gasteiger partial charge in [-0.05, 0) is 54.3 Å². The van der Waals surface area contributed by atoms with Crippen LogP contribution in [-0.4, -0.2) is 39.8 Å². The fourth-order valence-electron chi connectivity index (χ4n) is 5.03. The number of methoxy groups -OCH3 is 2. The average molecular weight is 435 g/mol. The van der Waals surface area contributed by atoms with Crippen LogP contribution in [-0.2, 0) is 25.8 Å². The lowest BCUT2D eigenvalue weighted by molar-refractivity contribution is 0.158. The van der Waals surface area contributed by atoms with E-state index in [0.717, 1.165) is 43.9 Å². The van der Waals surface area contributed by atoms with Crippen molar-refractivity contribution < 1.29 is 9.47 Å². The number of hydrogen-bond acceptors (Lipinski definition) is 5. The molecule has 0 amide bonds. The first-order valence-corrected chi connectivity index (χ1v) is 11.7. The smallest absolute Gasteiger partial charge is 0.123 e. The largest absolute Gasteiger partial charge is 0.496 e. The maximum Gasteiger partial charge on any atom is 0.123 e. The summed E-state index contributed by atoms with van der Waals surface area (Å²) >= 11 is 2.00. The molecule has 0 aliphatic carbocycles. The molecule has 2 aliphatic heterocycles. The monoisotopic (exact) mass is 434 g/mol. The Kier molecular flexibility index (Phi) is 5.40. The zero-order valence-electron chi connectivity index (χ0n) is 18.8. The lowest BCUT2D eigenvalue weighted by Crippen LogP contribution is -2.39. The molecule has 5 rings (SSSR count). The summed E-state index contributed by atoms with van der Waals surface area (Å²) in [5.74, 6) is 1.96. The molecule has 3 heterocycles. The van der Waals surface area contributed by atoms with E-state index in [2.05, 4.69) is 54.2 Å². The molecule has 0 saturated carbocycles. The molecule has 3 aromatic rings. The second-order valence-corrected chi connectivity index (χ2v) is 9.92. The quantitative estimate of drug-likeness (QED) is 0.559. The van der Waals surface area contributed by atoms with Crippen LogP contribution in [0.1, 0.15) is 38.0 Å². The summed E-state index contributed by atoms with van der Waals surface area (Å²) in [6.07, 6.45) is 3.12. The third-order valence-electron chi connectivity index (χ3n) is 6.69. The highest BCUT2D eigenvalue weighted by molar-refractivity contribution is 7.12. The Morgan fingerprint density at radius 2 is 1.71 bits per heavy atom. The van der Waals surface area contributed by atoms with Crippen LogP contribution >= 0.6 is 11.3 Å². The molecule has 162 valence electrons. The van der Waals surface area contributed by atoms with E-state index < -0.39 is 0 Å². The van der Waals surface area contributed by atoms with Crippen LogP contribution in [0, 0.1) is 0 Å². The van der Waals surface area contributed by atoms with Crippen molar-refractivity contribution in [1.29, 1.82) is 0 Å². The average Bonchev–Trinajstić information content (AvgIpc) is 3.20. The van der Waals surface area contributed by atoms with Crippen molar-refractivity contribution in [3.63, 3.8) is 0 Å². The Bertz CT molecular complexity index is 1090. The van der Waals surface area contributed by atoms with Gasteiger partial charge in [0, 0.05) is 66.2 Å². The summed E-state index contributed by atoms with van der Waals surface area (Å²) in [7, 11) is 7.70. The predicted octanol–water partition coefficient (Wildman–Crippen LogP) is 5.08. The molecule has 0 spiro atoms. The van der Waals surface area contributed by atoms with Crippen molar-refractivity contribution in [3.8, 4) is 11.5 Å². The molecule has 5 heteroatoms. The molecule has 0 radical (unpaired) electrons. The van der Waals surface area contributed by atoms with Gasteiger partial charge in [0.2, 0.25) is 0 Å². The Hall–Kier alpha value is -2.50. The molecule has 1 aromatic heterocycles. The summed E-state index contributed by atoms with van der Waals surface area (Å²) in [5.41, 5.74) is 6.74. The van der Waals surface area contributed by atoms with Gasteiger partial charge in [-0.2, -0.15) is 0 Å². The van der Waals surface area contributed by atoms with E-state index in [1.165, 1.54) is 32.8 Å². The van der Waals surface area contributed by atoms with Crippen molar-refractivity contribution in [1.82, 2.24) is 4.90 Å². The van der Waals surface area contributed by atoms with E-state index in [0.29, 0.717) is 6.04 Å². The topological polar surface area (TPSA) is 24.9 Å². The van der Waals surface area contributed by atoms with Gasteiger partial charge >= 0.3 is 0 Å². The van der Waals surface area contributed by atoms with Gasteiger partial charge in [-0.3, -0.25) is 4.90 Å². The van der Waals surface area contributed by atoms with Gasteiger partial charge in [0.25, 0.3) is 0 Å². The van der Waals surface area contributed by atoms with E-state index in [9.17, 15) is 0 Å². The van der Waals surface area contributed by atoms with Crippen molar-refractivity contribution in [3.05, 3.63) is 74.5 Å². The Morgan fingerprint density at radius 3 is 2.39 bits per heavy atom. The van der Waals surface area contributed by atoms with Gasteiger partial charge in [0.1, 0.15) is 11.5 Å². The first-order chi connectivity index (χ1) is 15.1. The molecular formula is C26H30N2O2S. The van der Waals surface area contributed by atoms with E-state index >= 15 is 0 Å². The van der Waals surface area contributed by atoms with E-state index in [1.54, 1.807) is 19.1 Å². The molecule has 2 aromatic carbocycles. The van der Waals surface area contributed by atoms with Gasteiger partial charge in [0.05, 0.1) is 14.2 Å². The summed E-state index contributed by atoms with van der Waals surface area (Å²) in [6.45, 7) is 2.03. The summed E-state index contributed by atoms with van der Waals surface area (Å²) in [5, 5.41) is 0. The van der Waals surface area contributed by atoms with E-state index in [-0.39, 0.29) is 0 Å². The van der Waals surface area contributed by atoms with Gasteiger partial charge in [-0.25, -0.2) is 0 Å². The number of ether oxygens (including phenoxy) is 2. The standard InChI is InChI=1S/C26H30N2O2S/c1-27(2)18-7-5-17(6-8-18)13-19-14-21-23-15-20-22(16-28(23)12-11-26(21)31-19)25(30-4)10-9-24(20)29-3/h5-10,14,23H,11-13,15-16H2,1-4H3. The highest BCUT2D eigenvalue weighted by atomic mass is 32.1. The molecule has 0 N–H and O–H groups in total. The van der Waals surface area contributed by atoms with E-state index in [4.69, 9.17) is 9.47 Å². The van der Waals surface area contributed by atoms with E-state index in [1.807, 2.05) is 23.5 Å². The first kappa shape index (κ1) is 20.4. The molecule has 0 fully saturated rings. The normalized spacial score (nSPS) is 17.5. The fourth-order valence-corrected chi connectivity index (χ4v) is 6.28. The van der Waals surface area contributed by atoms with Crippen LogP contribution in [0.15, 0.2) is 42.5 Å². The van der Waals surface area contributed by atoms with Gasteiger partial charge in [-0.15, -0.1) is 11.3 Å². The van der Waals surface area contributed by atoms with Crippen LogP contribution in [0.2, 0.25) is 0 Å². The minimum absolute atomic E-state index is 0.429. The van der Waals surface area contributed by atoms with Crippen LogP contribution in [0.5, 0.6) is 11.5 Å². The molecule has 31 heavy (non-hydrogen) atoms. The van der Waals surface area contributed by atoms with Crippen molar-refractivity contribution in [2.75, 3.05) is 39.8 Å². The highest BCUT2D eigenvalue weighted by Crippen LogP contribution is 2.45. The minimum Gasteiger partial charge on any atom is -0.496 e. The number of anilines is 1. The number of thiophene rings is 1. The lowest BCUT2D eigenvalue weighted by atomic mass is 9.86. The number of benzene rings is 2. The SMILES string of the molecule is COc1ccc(OC)c2c1CC1c3cc(Cc4ccc(N(C)C)cc4)sc3CCN1C2. The second-order valence-electron chi connectivity index (χ2n) is 8.70. The number of fused-ring (bicyclic) bond motifs is 4.